The van der Waals surface area contributed by atoms with Crippen molar-refractivity contribution in [3.8, 4) is 0 Å². The number of benzene rings is 1. The van der Waals surface area contributed by atoms with Gasteiger partial charge in [0.25, 0.3) is 0 Å². The minimum atomic E-state index is 0.341. The average molecular weight is 282 g/mol. The summed E-state index contributed by atoms with van der Waals surface area (Å²) in [5.74, 6) is 1.41. The number of ether oxygens (including phenoxy) is 1. The van der Waals surface area contributed by atoms with Crippen LogP contribution in [0.2, 0.25) is 0 Å². The lowest BCUT2D eigenvalue weighted by Crippen LogP contribution is -2.52. The lowest BCUT2D eigenvalue weighted by atomic mass is 9.69. The first-order valence-electron chi connectivity index (χ1n) is 8.22. The van der Waals surface area contributed by atoms with Crippen LogP contribution < -0.4 is 5.32 Å². The number of fused-ring (bicyclic) bond motifs is 5. The summed E-state index contributed by atoms with van der Waals surface area (Å²) in [6.07, 6.45) is 6.83. The molecule has 2 saturated heterocycles. The summed E-state index contributed by atoms with van der Waals surface area (Å²) in [6.45, 7) is 4.48. The molecule has 21 heavy (non-hydrogen) atoms. The Morgan fingerprint density at radius 3 is 3.24 bits per heavy atom. The lowest BCUT2D eigenvalue weighted by Gasteiger charge is -2.45. The molecule has 4 heterocycles. The van der Waals surface area contributed by atoms with Gasteiger partial charge in [-0.1, -0.05) is 18.2 Å². The Morgan fingerprint density at radius 1 is 1.29 bits per heavy atom. The van der Waals surface area contributed by atoms with Gasteiger partial charge in [0, 0.05) is 36.2 Å². The van der Waals surface area contributed by atoms with Crippen molar-refractivity contribution < 1.29 is 4.74 Å². The zero-order chi connectivity index (χ0) is 13.9. The number of anilines is 1. The molecular formula is C18H22N2O. The Hall–Kier alpha value is -1.48. The highest BCUT2D eigenvalue weighted by molar-refractivity contribution is 5.61. The van der Waals surface area contributed by atoms with E-state index in [1.807, 2.05) is 6.26 Å². The van der Waals surface area contributed by atoms with Crippen molar-refractivity contribution >= 4 is 5.69 Å². The Bertz CT molecular complexity index is 599. The second-order valence-electron chi connectivity index (χ2n) is 7.14. The number of para-hydroxylation sites is 1. The second kappa shape index (κ2) is 4.26. The predicted molar refractivity (Wildman–Crippen MR) is 83.3 cm³/mol. The van der Waals surface area contributed by atoms with Crippen LogP contribution in [0.1, 0.15) is 18.4 Å². The zero-order valence-corrected chi connectivity index (χ0v) is 12.3. The zero-order valence-electron chi connectivity index (χ0n) is 12.3. The molecule has 5 rings (SSSR count). The van der Waals surface area contributed by atoms with Gasteiger partial charge in [-0.05, 0) is 43.0 Å². The van der Waals surface area contributed by atoms with Gasteiger partial charge in [-0.25, -0.2) is 0 Å². The summed E-state index contributed by atoms with van der Waals surface area (Å²) >= 11 is 0. The summed E-state index contributed by atoms with van der Waals surface area (Å²) in [5.41, 5.74) is 3.27. The maximum absolute atomic E-state index is 5.54. The normalized spacial score (nSPS) is 40.3. The van der Waals surface area contributed by atoms with Gasteiger partial charge in [0.1, 0.15) is 0 Å². The van der Waals surface area contributed by atoms with E-state index in [0.29, 0.717) is 23.3 Å². The molecule has 1 N–H and O–H groups in total. The lowest BCUT2D eigenvalue weighted by molar-refractivity contribution is 0.0368. The van der Waals surface area contributed by atoms with E-state index in [1.165, 1.54) is 31.6 Å². The summed E-state index contributed by atoms with van der Waals surface area (Å²) in [6, 6.07) is 9.64. The molecule has 2 fully saturated rings. The van der Waals surface area contributed by atoms with Gasteiger partial charge >= 0.3 is 0 Å². The van der Waals surface area contributed by atoms with Crippen molar-refractivity contribution in [2.24, 2.45) is 11.8 Å². The molecule has 3 heteroatoms. The Labute approximate surface area is 126 Å². The standard InChI is InChI=1S/C18H22N2O/c1-2-4-16-15(3-1)18(12-19-16)6-7-20-10-14-11-21-8-5-13(14)9-17(18)20/h1-5,8,13-14,17,19H,6-7,9-12H2. The van der Waals surface area contributed by atoms with Gasteiger partial charge < -0.3 is 10.1 Å². The van der Waals surface area contributed by atoms with Crippen molar-refractivity contribution in [2.75, 3.05) is 31.6 Å². The van der Waals surface area contributed by atoms with Crippen molar-refractivity contribution in [3.05, 3.63) is 42.2 Å². The van der Waals surface area contributed by atoms with E-state index < -0.39 is 0 Å². The number of hydrogen-bond donors (Lipinski definition) is 1. The quantitative estimate of drug-likeness (QED) is 0.791. The minimum absolute atomic E-state index is 0.341. The number of rotatable bonds is 0. The summed E-state index contributed by atoms with van der Waals surface area (Å²) < 4.78 is 5.54. The molecule has 1 spiro atoms. The van der Waals surface area contributed by atoms with Crippen LogP contribution in [0.3, 0.4) is 0 Å². The van der Waals surface area contributed by atoms with Crippen LogP contribution in [-0.4, -0.2) is 37.2 Å². The van der Waals surface area contributed by atoms with Crippen LogP contribution in [0.25, 0.3) is 0 Å². The minimum Gasteiger partial charge on any atom is -0.501 e. The van der Waals surface area contributed by atoms with Gasteiger partial charge in [-0.3, -0.25) is 4.90 Å². The number of nitrogens with zero attached hydrogens (tertiary/aromatic N) is 1. The molecule has 0 amide bonds. The van der Waals surface area contributed by atoms with Crippen LogP contribution >= 0.6 is 0 Å². The SMILES string of the molecule is C1=CC2CC3N(CCC34CNc3ccccc34)CC2CO1. The third-order valence-corrected chi connectivity index (χ3v) is 6.28. The highest BCUT2D eigenvalue weighted by Gasteiger charge is 2.54. The van der Waals surface area contributed by atoms with Crippen molar-refractivity contribution in [2.45, 2.75) is 24.3 Å². The summed E-state index contributed by atoms with van der Waals surface area (Å²) in [7, 11) is 0. The molecule has 0 aromatic heterocycles. The molecule has 0 radical (unpaired) electrons. The van der Waals surface area contributed by atoms with E-state index in [4.69, 9.17) is 4.74 Å². The van der Waals surface area contributed by atoms with Crippen LogP contribution in [0.4, 0.5) is 5.69 Å². The fourth-order valence-electron chi connectivity index (χ4n) is 5.18. The topological polar surface area (TPSA) is 24.5 Å². The van der Waals surface area contributed by atoms with E-state index in [9.17, 15) is 0 Å². The average Bonchev–Trinajstić information content (AvgIpc) is 3.09. The monoisotopic (exact) mass is 282 g/mol. The largest absolute Gasteiger partial charge is 0.501 e. The van der Waals surface area contributed by atoms with Crippen LogP contribution in [-0.2, 0) is 10.2 Å². The maximum Gasteiger partial charge on any atom is 0.0919 e. The predicted octanol–water partition coefficient (Wildman–Crippen LogP) is 2.60. The molecule has 0 saturated carbocycles. The van der Waals surface area contributed by atoms with Gasteiger partial charge in [0.2, 0.25) is 0 Å². The van der Waals surface area contributed by atoms with E-state index in [0.717, 1.165) is 13.2 Å². The number of hydrogen-bond acceptors (Lipinski definition) is 3. The maximum atomic E-state index is 5.54. The fourth-order valence-corrected chi connectivity index (χ4v) is 5.18. The molecule has 0 aliphatic carbocycles. The molecule has 4 aliphatic heterocycles. The van der Waals surface area contributed by atoms with Gasteiger partial charge in [0.15, 0.2) is 0 Å². The first kappa shape index (κ1) is 12.1. The second-order valence-corrected chi connectivity index (χ2v) is 7.14. The Kier molecular flexibility index (Phi) is 2.46. The summed E-state index contributed by atoms with van der Waals surface area (Å²) in [4.78, 5) is 2.74. The Balaban J connectivity index is 1.53. The first-order valence-corrected chi connectivity index (χ1v) is 8.22. The molecule has 1 aromatic rings. The molecule has 1 aromatic carbocycles. The highest BCUT2D eigenvalue weighted by Crippen LogP contribution is 2.51. The van der Waals surface area contributed by atoms with Crippen molar-refractivity contribution in [1.82, 2.24) is 4.90 Å². The molecular weight excluding hydrogens is 260 g/mol. The van der Waals surface area contributed by atoms with Gasteiger partial charge in [0.05, 0.1) is 12.9 Å². The van der Waals surface area contributed by atoms with Crippen molar-refractivity contribution in [1.29, 1.82) is 0 Å². The molecule has 4 unspecified atom stereocenters. The molecule has 4 atom stereocenters. The van der Waals surface area contributed by atoms with Crippen molar-refractivity contribution in [3.63, 3.8) is 0 Å². The van der Waals surface area contributed by atoms with E-state index in [2.05, 4.69) is 40.6 Å². The third-order valence-electron chi connectivity index (χ3n) is 6.28. The highest BCUT2D eigenvalue weighted by atomic mass is 16.5. The van der Waals surface area contributed by atoms with E-state index in [1.54, 1.807) is 5.56 Å². The smallest absolute Gasteiger partial charge is 0.0919 e. The van der Waals surface area contributed by atoms with Crippen LogP contribution in [0.5, 0.6) is 0 Å². The number of nitrogens with one attached hydrogen (secondary N) is 1. The van der Waals surface area contributed by atoms with Crippen LogP contribution in [0, 0.1) is 11.8 Å². The third kappa shape index (κ3) is 1.58. The molecule has 0 bridgehead atoms. The number of allylic oxidation sites excluding steroid dienone is 1. The number of piperidine rings is 1. The molecule has 3 nitrogen and oxygen atoms in total. The van der Waals surface area contributed by atoms with E-state index in [-0.39, 0.29) is 0 Å². The van der Waals surface area contributed by atoms with Crippen LogP contribution in [0.15, 0.2) is 36.6 Å². The molecule has 110 valence electrons. The molecule has 4 aliphatic rings. The van der Waals surface area contributed by atoms with Gasteiger partial charge in [-0.15, -0.1) is 0 Å². The first-order chi connectivity index (χ1) is 10.4. The van der Waals surface area contributed by atoms with Gasteiger partial charge in [-0.2, -0.15) is 0 Å². The summed E-state index contributed by atoms with van der Waals surface area (Å²) in [5, 5.41) is 3.67. The fraction of sp³-hybridized carbons (Fsp3) is 0.556. The Morgan fingerprint density at radius 2 is 2.24 bits per heavy atom. The van der Waals surface area contributed by atoms with E-state index >= 15 is 0 Å².